The number of carbonyl (C=O) groups is 1. The summed E-state index contributed by atoms with van der Waals surface area (Å²) >= 11 is 0. The SMILES string of the molecule is CC(C)C1OCCC1CNC(=O)[C@@H](N)Cc1ccccc1.Cl. The van der Waals surface area contributed by atoms with E-state index in [4.69, 9.17) is 10.5 Å². The number of amides is 1. The summed E-state index contributed by atoms with van der Waals surface area (Å²) in [5.74, 6) is 0.804. The number of nitrogens with one attached hydrogen (secondary N) is 1. The standard InChI is InChI=1S/C17H26N2O2.ClH/c1-12(2)16-14(8-9-21-16)11-19-17(20)15(18)10-13-6-4-3-5-7-13;/h3-7,12,14-16H,8-11,18H2,1-2H3,(H,19,20);1H/t14?,15-,16?;/m0./s1. The number of halogens is 1. The third-order valence-electron chi connectivity index (χ3n) is 4.09. The van der Waals surface area contributed by atoms with Crippen LogP contribution in [0.2, 0.25) is 0 Å². The van der Waals surface area contributed by atoms with Crippen LogP contribution in [0.25, 0.3) is 0 Å². The number of ether oxygens (including phenoxy) is 1. The summed E-state index contributed by atoms with van der Waals surface area (Å²) in [7, 11) is 0. The van der Waals surface area contributed by atoms with E-state index >= 15 is 0 Å². The highest BCUT2D eigenvalue weighted by atomic mass is 35.5. The predicted octanol–water partition coefficient (Wildman–Crippen LogP) is 2.16. The summed E-state index contributed by atoms with van der Waals surface area (Å²) < 4.78 is 5.73. The predicted molar refractivity (Wildman–Crippen MR) is 91.1 cm³/mol. The summed E-state index contributed by atoms with van der Waals surface area (Å²) in [5.41, 5.74) is 7.07. The van der Waals surface area contributed by atoms with Gasteiger partial charge >= 0.3 is 0 Å². The molecule has 0 aromatic heterocycles. The molecule has 2 rings (SSSR count). The third-order valence-corrected chi connectivity index (χ3v) is 4.09. The van der Waals surface area contributed by atoms with Crippen LogP contribution < -0.4 is 11.1 Å². The van der Waals surface area contributed by atoms with E-state index in [-0.39, 0.29) is 24.4 Å². The van der Waals surface area contributed by atoms with Crippen LogP contribution in [0.1, 0.15) is 25.8 Å². The van der Waals surface area contributed by atoms with Crippen LogP contribution >= 0.6 is 12.4 Å². The highest BCUT2D eigenvalue weighted by Gasteiger charge is 2.31. The van der Waals surface area contributed by atoms with E-state index in [1.165, 1.54) is 0 Å². The Morgan fingerprint density at radius 2 is 2.05 bits per heavy atom. The Balaban J connectivity index is 0.00000242. The van der Waals surface area contributed by atoms with Crippen molar-refractivity contribution in [2.75, 3.05) is 13.2 Å². The fourth-order valence-electron chi connectivity index (χ4n) is 2.93. The molecule has 0 aliphatic carbocycles. The lowest BCUT2D eigenvalue weighted by atomic mass is 9.93. The van der Waals surface area contributed by atoms with Gasteiger partial charge in [-0.15, -0.1) is 12.4 Å². The van der Waals surface area contributed by atoms with Crippen LogP contribution in [0.5, 0.6) is 0 Å². The fraction of sp³-hybridized carbons (Fsp3) is 0.588. The number of rotatable bonds is 6. The zero-order chi connectivity index (χ0) is 15.2. The largest absolute Gasteiger partial charge is 0.378 e. The molecule has 2 unspecified atom stereocenters. The first-order valence-electron chi connectivity index (χ1n) is 7.76. The van der Waals surface area contributed by atoms with E-state index in [9.17, 15) is 4.79 Å². The smallest absolute Gasteiger partial charge is 0.237 e. The Kier molecular flexibility index (Phi) is 7.87. The minimum Gasteiger partial charge on any atom is -0.378 e. The molecule has 0 spiro atoms. The molecule has 0 radical (unpaired) electrons. The molecule has 1 aromatic rings. The number of nitrogens with two attached hydrogens (primary N) is 1. The van der Waals surface area contributed by atoms with E-state index in [0.717, 1.165) is 18.6 Å². The Morgan fingerprint density at radius 1 is 1.36 bits per heavy atom. The Hall–Kier alpha value is -1.10. The highest BCUT2D eigenvalue weighted by molar-refractivity contribution is 5.85. The molecular weight excluding hydrogens is 300 g/mol. The van der Waals surface area contributed by atoms with E-state index < -0.39 is 6.04 Å². The third kappa shape index (κ3) is 5.27. The van der Waals surface area contributed by atoms with Gasteiger partial charge in [-0.25, -0.2) is 0 Å². The van der Waals surface area contributed by atoms with Crippen LogP contribution in [0.4, 0.5) is 0 Å². The molecule has 22 heavy (non-hydrogen) atoms. The molecule has 1 heterocycles. The van der Waals surface area contributed by atoms with Gasteiger partial charge in [0.25, 0.3) is 0 Å². The second kappa shape index (κ2) is 9.13. The van der Waals surface area contributed by atoms with Gasteiger partial charge < -0.3 is 15.8 Å². The van der Waals surface area contributed by atoms with Gasteiger partial charge in [0.15, 0.2) is 0 Å². The maximum absolute atomic E-state index is 12.1. The van der Waals surface area contributed by atoms with Crippen molar-refractivity contribution in [1.82, 2.24) is 5.32 Å². The molecule has 4 nitrogen and oxygen atoms in total. The quantitative estimate of drug-likeness (QED) is 0.842. The van der Waals surface area contributed by atoms with E-state index in [1.807, 2.05) is 30.3 Å². The normalized spacial score (nSPS) is 22.2. The first-order valence-corrected chi connectivity index (χ1v) is 7.76. The molecule has 1 aromatic carbocycles. The number of carbonyl (C=O) groups excluding carboxylic acids is 1. The van der Waals surface area contributed by atoms with Gasteiger partial charge in [0.05, 0.1) is 12.1 Å². The summed E-state index contributed by atoms with van der Waals surface area (Å²) in [6.07, 6.45) is 1.83. The van der Waals surface area contributed by atoms with E-state index in [1.54, 1.807) is 0 Å². The number of benzene rings is 1. The maximum atomic E-state index is 12.1. The molecule has 3 atom stereocenters. The van der Waals surface area contributed by atoms with Crippen molar-refractivity contribution in [3.05, 3.63) is 35.9 Å². The lowest BCUT2D eigenvalue weighted by Crippen LogP contribution is -2.44. The van der Waals surface area contributed by atoms with Crippen molar-refractivity contribution in [3.8, 4) is 0 Å². The monoisotopic (exact) mass is 326 g/mol. The topological polar surface area (TPSA) is 64.3 Å². The lowest BCUT2D eigenvalue weighted by Gasteiger charge is -2.23. The van der Waals surface area contributed by atoms with Gasteiger partial charge in [0.1, 0.15) is 0 Å². The Morgan fingerprint density at radius 3 is 2.68 bits per heavy atom. The van der Waals surface area contributed by atoms with Crippen LogP contribution in [-0.2, 0) is 16.0 Å². The molecule has 124 valence electrons. The molecule has 1 aliphatic heterocycles. The van der Waals surface area contributed by atoms with Crippen LogP contribution in [0.3, 0.4) is 0 Å². The number of hydrogen-bond acceptors (Lipinski definition) is 3. The molecule has 5 heteroatoms. The van der Waals surface area contributed by atoms with Gasteiger partial charge in [0, 0.05) is 19.1 Å². The Bertz CT molecular complexity index is 453. The van der Waals surface area contributed by atoms with Crippen LogP contribution in [0.15, 0.2) is 30.3 Å². The first-order chi connectivity index (χ1) is 10.1. The van der Waals surface area contributed by atoms with E-state index in [2.05, 4.69) is 19.2 Å². The van der Waals surface area contributed by atoms with Crippen molar-refractivity contribution in [1.29, 1.82) is 0 Å². The molecule has 0 bridgehead atoms. The van der Waals surface area contributed by atoms with E-state index in [0.29, 0.717) is 24.8 Å². The molecule has 1 aliphatic rings. The van der Waals surface area contributed by atoms with Crippen molar-refractivity contribution in [2.24, 2.45) is 17.6 Å². The summed E-state index contributed by atoms with van der Waals surface area (Å²) in [5, 5.41) is 2.99. The second-order valence-corrected chi connectivity index (χ2v) is 6.17. The summed E-state index contributed by atoms with van der Waals surface area (Å²) in [6.45, 7) is 5.77. The van der Waals surface area contributed by atoms with Gasteiger partial charge in [-0.2, -0.15) is 0 Å². The summed E-state index contributed by atoms with van der Waals surface area (Å²) in [6, 6.07) is 9.37. The van der Waals surface area contributed by atoms with Crippen molar-refractivity contribution < 1.29 is 9.53 Å². The van der Waals surface area contributed by atoms with Gasteiger partial charge in [-0.05, 0) is 24.3 Å². The maximum Gasteiger partial charge on any atom is 0.237 e. The van der Waals surface area contributed by atoms with Crippen molar-refractivity contribution in [2.45, 2.75) is 38.8 Å². The van der Waals surface area contributed by atoms with Gasteiger partial charge in [-0.3, -0.25) is 4.79 Å². The zero-order valence-electron chi connectivity index (χ0n) is 13.3. The average Bonchev–Trinajstić information content (AvgIpc) is 2.94. The minimum atomic E-state index is -0.493. The molecule has 1 fully saturated rings. The molecular formula is C17H27ClN2O2. The molecule has 1 saturated heterocycles. The Labute approximate surface area is 139 Å². The van der Waals surface area contributed by atoms with Crippen LogP contribution in [0, 0.1) is 11.8 Å². The molecule has 3 N–H and O–H groups in total. The molecule has 1 amide bonds. The lowest BCUT2D eigenvalue weighted by molar-refractivity contribution is -0.122. The van der Waals surface area contributed by atoms with Crippen LogP contribution in [-0.4, -0.2) is 31.2 Å². The van der Waals surface area contributed by atoms with Crippen molar-refractivity contribution >= 4 is 18.3 Å². The van der Waals surface area contributed by atoms with Gasteiger partial charge in [-0.1, -0.05) is 44.2 Å². The number of hydrogen-bond donors (Lipinski definition) is 2. The minimum absolute atomic E-state index is 0. The average molecular weight is 327 g/mol. The zero-order valence-corrected chi connectivity index (χ0v) is 14.1. The van der Waals surface area contributed by atoms with Gasteiger partial charge in [0.2, 0.25) is 5.91 Å². The molecule has 0 saturated carbocycles. The van der Waals surface area contributed by atoms with Crippen molar-refractivity contribution in [3.63, 3.8) is 0 Å². The second-order valence-electron chi connectivity index (χ2n) is 6.17. The first kappa shape index (κ1) is 18.9. The fourth-order valence-corrected chi connectivity index (χ4v) is 2.93. The highest BCUT2D eigenvalue weighted by Crippen LogP contribution is 2.26. The summed E-state index contributed by atoms with van der Waals surface area (Å²) in [4.78, 5) is 12.1.